The van der Waals surface area contributed by atoms with E-state index in [1.807, 2.05) is 0 Å². The van der Waals surface area contributed by atoms with Gasteiger partial charge in [0.1, 0.15) is 0 Å². The quantitative estimate of drug-likeness (QED) is 0.355. The SMILES string of the molecule is O=C(O)C(C(=O)O)C1=C(C(C(=O)O)C(=O)O)C=C[B]1. The van der Waals surface area contributed by atoms with Crippen LogP contribution in [0.4, 0.5) is 0 Å². The van der Waals surface area contributed by atoms with Crippen molar-refractivity contribution >= 4 is 31.2 Å². The summed E-state index contributed by atoms with van der Waals surface area (Å²) in [6.45, 7) is 0. The van der Waals surface area contributed by atoms with Gasteiger partial charge in [-0.3, -0.25) is 19.2 Å². The summed E-state index contributed by atoms with van der Waals surface area (Å²) in [5.74, 6) is -9.60. The van der Waals surface area contributed by atoms with Gasteiger partial charge in [0.25, 0.3) is 0 Å². The lowest BCUT2D eigenvalue weighted by Gasteiger charge is -2.15. The van der Waals surface area contributed by atoms with E-state index in [9.17, 15) is 19.2 Å². The van der Waals surface area contributed by atoms with E-state index in [0.717, 1.165) is 13.4 Å². The molecule has 8 nitrogen and oxygen atoms in total. The van der Waals surface area contributed by atoms with Crippen LogP contribution in [0.25, 0.3) is 0 Å². The fraction of sp³-hybridized carbons (Fsp3) is 0.200. The lowest BCUT2D eigenvalue weighted by Crippen LogP contribution is -2.31. The molecule has 0 atom stereocenters. The highest BCUT2D eigenvalue weighted by Crippen LogP contribution is 2.28. The molecule has 0 aromatic rings. The van der Waals surface area contributed by atoms with Gasteiger partial charge in [-0.05, 0) is 5.57 Å². The predicted octanol–water partition coefficient (Wildman–Crippen LogP) is -0.957. The number of hydrogen-bond acceptors (Lipinski definition) is 4. The normalized spacial score (nSPS) is 13.8. The maximum Gasteiger partial charge on any atom is 0.322 e. The molecule has 1 aliphatic heterocycles. The zero-order chi connectivity index (χ0) is 14.7. The van der Waals surface area contributed by atoms with E-state index in [0.29, 0.717) is 0 Å². The first kappa shape index (κ1) is 14.5. The number of aliphatic carboxylic acids is 4. The van der Waals surface area contributed by atoms with Gasteiger partial charge in [0, 0.05) is 0 Å². The summed E-state index contributed by atoms with van der Waals surface area (Å²) < 4.78 is 0. The highest BCUT2D eigenvalue weighted by atomic mass is 16.4. The Morgan fingerprint density at radius 1 is 0.842 bits per heavy atom. The molecule has 0 aromatic carbocycles. The van der Waals surface area contributed by atoms with Gasteiger partial charge in [-0.2, -0.15) is 0 Å². The maximum absolute atomic E-state index is 10.9. The molecule has 0 amide bonds. The van der Waals surface area contributed by atoms with E-state index >= 15 is 0 Å². The number of carbonyl (C=O) groups is 4. The average Bonchev–Trinajstić information content (AvgIpc) is 2.64. The second-order valence-electron chi connectivity index (χ2n) is 3.66. The van der Waals surface area contributed by atoms with Crippen molar-refractivity contribution in [2.45, 2.75) is 0 Å². The monoisotopic (exact) mass is 267 g/mol. The van der Waals surface area contributed by atoms with Crippen molar-refractivity contribution in [2.75, 3.05) is 0 Å². The molecule has 0 aromatic heterocycles. The first-order valence-electron chi connectivity index (χ1n) is 4.94. The highest BCUT2D eigenvalue weighted by molar-refractivity contribution is 6.54. The third-order valence-electron chi connectivity index (χ3n) is 2.49. The first-order chi connectivity index (χ1) is 8.77. The number of carboxylic acids is 4. The van der Waals surface area contributed by atoms with Crippen LogP contribution in [0.5, 0.6) is 0 Å². The number of hydrogen-bond donors (Lipinski definition) is 4. The van der Waals surface area contributed by atoms with Crippen LogP contribution in [0.1, 0.15) is 0 Å². The van der Waals surface area contributed by atoms with Gasteiger partial charge in [-0.25, -0.2) is 0 Å². The Kier molecular flexibility index (Phi) is 4.10. The summed E-state index contributed by atoms with van der Waals surface area (Å²) in [7, 11) is 1.08. The molecule has 19 heavy (non-hydrogen) atoms. The van der Waals surface area contributed by atoms with Gasteiger partial charge >= 0.3 is 23.9 Å². The molecule has 1 heterocycles. The van der Waals surface area contributed by atoms with Gasteiger partial charge in [0.05, 0.1) is 0 Å². The van der Waals surface area contributed by atoms with Crippen molar-refractivity contribution in [3.05, 3.63) is 23.1 Å². The lowest BCUT2D eigenvalue weighted by molar-refractivity contribution is -0.155. The molecule has 0 fully saturated rings. The van der Waals surface area contributed by atoms with Crippen LogP contribution in [0.2, 0.25) is 0 Å². The molecule has 1 radical (unpaired) electrons. The highest BCUT2D eigenvalue weighted by Gasteiger charge is 2.39. The van der Waals surface area contributed by atoms with Crippen molar-refractivity contribution in [2.24, 2.45) is 11.8 Å². The first-order valence-corrected chi connectivity index (χ1v) is 4.94. The molecule has 0 saturated heterocycles. The van der Waals surface area contributed by atoms with Crippen LogP contribution in [0, 0.1) is 11.8 Å². The molecule has 4 N–H and O–H groups in total. The van der Waals surface area contributed by atoms with Crippen molar-refractivity contribution in [1.29, 1.82) is 0 Å². The zero-order valence-electron chi connectivity index (χ0n) is 9.31. The van der Waals surface area contributed by atoms with Crippen LogP contribution < -0.4 is 0 Å². The van der Waals surface area contributed by atoms with Crippen LogP contribution in [0.3, 0.4) is 0 Å². The van der Waals surface area contributed by atoms with Gasteiger partial charge in [0.2, 0.25) is 0 Å². The molecule has 1 aliphatic rings. The molecular weight excluding hydrogens is 259 g/mol. The summed E-state index contributed by atoms with van der Waals surface area (Å²) in [5, 5.41) is 35.3. The minimum absolute atomic E-state index is 0.352. The molecule has 0 unspecified atom stereocenters. The van der Waals surface area contributed by atoms with Crippen molar-refractivity contribution in [1.82, 2.24) is 0 Å². The maximum atomic E-state index is 10.9. The largest absolute Gasteiger partial charge is 0.480 e. The number of rotatable bonds is 6. The molecule has 99 valence electrons. The smallest absolute Gasteiger partial charge is 0.322 e. The second kappa shape index (κ2) is 5.38. The van der Waals surface area contributed by atoms with E-state index < -0.39 is 35.7 Å². The molecular formula is C10H8BO8. The van der Waals surface area contributed by atoms with Crippen LogP contribution in [0.15, 0.2) is 23.1 Å². The molecule has 0 bridgehead atoms. The summed E-state index contributed by atoms with van der Waals surface area (Å²) in [6.07, 6.45) is 1.08. The third-order valence-corrected chi connectivity index (χ3v) is 2.49. The summed E-state index contributed by atoms with van der Waals surface area (Å²) in [4.78, 5) is 43.5. The van der Waals surface area contributed by atoms with E-state index in [-0.39, 0.29) is 11.0 Å². The Hall–Kier alpha value is -2.58. The Morgan fingerprint density at radius 3 is 1.63 bits per heavy atom. The Bertz CT molecular complexity index is 490. The molecule has 0 saturated carbocycles. The molecule has 1 rings (SSSR count). The Balaban J connectivity index is 3.34. The minimum Gasteiger partial charge on any atom is -0.480 e. The van der Waals surface area contributed by atoms with E-state index in [4.69, 9.17) is 20.4 Å². The van der Waals surface area contributed by atoms with Crippen LogP contribution in [-0.4, -0.2) is 51.6 Å². The minimum atomic E-state index is -2.01. The summed E-state index contributed by atoms with van der Waals surface area (Å²) in [6, 6.07) is 0. The number of allylic oxidation sites excluding steroid dienone is 1. The topological polar surface area (TPSA) is 149 Å². The lowest BCUT2D eigenvalue weighted by atomic mass is 9.65. The molecule has 0 aliphatic carbocycles. The van der Waals surface area contributed by atoms with E-state index in [2.05, 4.69) is 0 Å². The summed E-state index contributed by atoms with van der Waals surface area (Å²) >= 11 is 0. The third kappa shape index (κ3) is 2.82. The molecule has 0 spiro atoms. The van der Waals surface area contributed by atoms with Gasteiger partial charge in [-0.15, -0.1) is 5.98 Å². The van der Waals surface area contributed by atoms with Crippen molar-refractivity contribution < 1.29 is 39.6 Å². The van der Waals surface area contributed by atoms with Crippen molar-refractivity contribution in [3.63, 3.8) is 0 Å². The van der Waals surface area contributed by atoms with Gasteiger partial charge in [-0.1, -0.05) is 11.5 Å². The average molecular weight is 267 g/mol. The number of carboxylic acid groups (broad SMARTS) is 4. The molecule has 9 heteroatoms. The Labute approximate surface area is 106 Å². The van der Waals surface area contributed by atoms with Crippen LogP contribution in [-0.2, 0) is 19.2 Å². The second-order valence-corrected chi connectivity index (χ2v) is 3.66. The van der Waals surface area contributed by atoms with E-state index in [1.165, 1.54) is 5.98 Å². The van der Waals surface area contributed by atoms with Crippen molar-refractivity contribution in [3.8, 4) is 0 Å². The summed E-state index contributed by atoms with van der Waals surface area (Å²) in [5.41, 5.74) is -0.704. The van der Waals surface area contributed by atoms with Gasteiger partial charge in [0.15, 0.2) is 19.1 Å². The Morgan fingerprint density at radius 2 is 1.26 bits per heavy atom. The predicted molar refractivity (Wildman–Crippen MR) is 59.4 cm³/mol. The fourth-order valence-electron chi connectivity index (χ4n) is 1.72. The van der Waals surface area contributed by atoms with Gasteiger partial charge < -0.3 is 20.4 Å². The standard InChI is InChI=1S/C10H8BO8/c12-7(13)4(8(14)15)3-1-2-11-6(3)5(9(16)17)10(18)19/h1-2,4-5H,(H,12,13)(H,14,15)(H,16,17)(H,18,19). The van der Waals surface area contributed by atoms with Crippen LogP contribution >= 0.6 is 0 Å². The zero-order valence-corrected chi connectivity index (χ0v) is 9.31. The fourth-order valence-corrected chi connectivity index (χ4v) is 1.72. The van der Waals surface area contributed by atoms with E-state index in [1.54, 1.807) is 0 Å².